The third-order valence-corrected chi connectivity index (χ3v) is 1.08. The molecule has 70 valence electrons. The lowest BCUT2D eigenvalue weighted by atomic mass is 10.3. The minimum atomic E-state index is -0.372. The lowest BCUT2D eigenvalue weighted by Crippen LogP contribution is -2.22. The third-order valence-electron chi connectivity index (χ3n) is 1.08. The van der Waals surface area contributed by atoms with Gasteiger partial charge in [0.1, 0.15) is 0 Å². The predicted octanol–water partition coefficient (Wildman–Crippen LogP) is 0.00730. The Morgan fingerprint density at radius 2 is 2.00 bits per heavy atom. The van der Waals surface area contributed by atoms with Crippen molar-refractivity contribution in [2.75, 3.05) is 13.7 Å². The molecule has 12 heavy (non-hydrogen) atoms. The van der Waals surface area contributed by atoms with Crippen molar-refractivity contribution >= 4 is 11.9 Å². The summed E-state index contributed by atoms with van der Waals surface area (Å²) in [6, 6.07) is 0. The fourth-order valence-electron chi connectivity index (χ4n) is 0.614. The van der Waals surface area contributed by atoms with Crippen molar-refractivity contribution in [2.45, 2.75) is 19.8 Å². The van der Waals surface area contributed by atoms with Crippen LogP contribution in [0.3, 0.4) is 0 Å². The number of ether oxygens (including phenoxy) is 1. The second-order valence-electron chi connectivity index (χ2n) is 2.03. The van der Waals surface area contributed by atoms with Crippen LogP contribution in [0.1, 0.15) is 19.8 Å². The predicted molar refractivity (Wildman–Crippen MR) is 41.0 cm³/mol. The molecule has 5 heteroatoms. The van der Waals surface area contributed by atoms with E-state index in [1.54, 1.807) is 6.92 Å². The number of carbonyl (C=O) groups excluding carboxylic acids is 2. The van der Waals surface area contributed by atoms with Crippen LogP contribution in [0.4, 0.5) is 0 Å². The van der Waals surface area contributed by atoms with E-state index in [9.17, 15) is 9.59 Å². The Hall–Kier alpha value is -1.10. The van der Waals surface area contributed by atoms with E-state index in [1.807, 2.05) is 0 Å². The lowest BCUT2D eigenvalue weighted by molar-refractivity contribution is -0.145. The number of nitrogens with one attached hydrogen (secondary N) is 1. The molecule has 1 N–H and O–H groups in total. The van der Waals surface area contributed by atoms with Crippen molar-refractivity contribution in [3.05, 3.63) is 0 Å². The Bertz CT molecular complexity index is 139. The first-order valence-corrected chi connectivity index (χ1v) is 3.68. The van der Waals surface area contributed by atoms with Crippen molar-refractivity contribution in [1.82, 2.24) is 5.48 Å². The molecule has 0 aliphatic rings. The van der Waals surface area contributed by atoms with Crippen LogP contribution in [0.2, 0.25) is 0 Å². The maximum Gasteiger partial charge on any atom is 0.306 e. The summed E-state index contributed by atoms with van der Waals surface area (Å²) in [6.07, 6.45) is 0.176. The molecular formula is C7H13NO4. The van der Waals surface area contributed by atoms with Gasteiger partial charge in [-0.3, -0.25) is 14.4 Å². The lowest BCUT2D eigenvalue weighted by Gasteiger charge is -2.01. The van der Waals surface area contributed by atoms with Gasteiger partial charge in [0.05, 0.1) is 20.1 Å². The molecule has 0 unspecified atom stereocenters. The van der Waals surface area contributed by atoms with Gasteiger partial charge in [0.15, 0.2) is 0 Å². The number of amides is 1. The van der Waals surface area contributed by atoms with Gasteiger partial charge >= 0.3 is 5.97 Å². The molecule has 0 saturated carbocycles. The quantitative estimate of drug-likeness (QED) is 0.472. The molecule has 0 heterocycles. The van der Waals surface area contributed by atoms with Crippen molar-refractivity contribution in [2.24, 2.45) is 0 Å². The average molecular weight is 175 g/mol. The Kier molecular flexibility index (Phi) is 6.00. The molecule has 0 aromatic carbocycles. The highest BCUT2D eigenvalue weighted by Crippen LogP contribution is 1.92. The van der Waals surface area contributed by atoms with Crippen LogP contribution in [-0.4, -0.2) is 25.6 Å². The van der Waals surface area contributed by atoms with Gasteiger partial charge in [-0.1, -0.05) is 0 Å². The fraction of sp³-hybridized carbons (Fsp3) is 0.714. The molecule has 5 nitrogen and oxygen atoms in total. The second kappa shape index (κ2) is 6.60. The van der Waals surface area contributed by atoms with E-state index in [-0.39, 0.29) is 24.7 Å². The molecule has 0 spiro atoms. The number of carbonyl (C=O) groups is 2. The summed E-state index contributed by atoms with van der Waals surface area (Å²) in [5.74, 6) is -0.700. The molecule has 0 fully saturated rings. The zero-order valence-electron chi connectivity index (χ0n) is 7.25. The van der Waals surface area contributed by atoms with Gasteiger partial charge in [-0.15, -0.1) is 0 Å². The van der Waals surface area contributed by atoms with Crippen LogP contribution in [0.5, 0.6) is 0 Å². The van der Waals surface area contributed by atoms with Gasteiger partial charge in [0.25, 0.3) is 0 Å². The maximum absolute atomic E-state index is 10.7. The van der Waals surface area contributed by atoms with Crippen LogP contribution in [0.15, 0.2) is 0 Å². The molecule has 0 aromatic heterocycles. The van der Waals surface area contributed by atoms with E-state index in [1.165, 1.54) is 7.11 Å². The highest BCUT2D eigenvalue weighted by Gasteiger charge is 2.05. The number of hydroxylamine groups is 1. The topological polar surface area (TPSA) is 64.6 Å². The zero-order chi connectivity index (χ0) is 9.40. The first-order chi connectivity index (χ1) is 5.70. The molecule has 0 atom stereocenters. The second-order valence-corrected chi connectivity index (χ2v) is 2.03. The Balaban J connectivity index is 3.40. The SMILES string of the molecule is CCOC(=O)CCC(=O)NOC. The first-order valence-electron chi connectivity index (χ1n) is 3.68. The molecule has 0 aliphatic carbocycles. The van der Waals surface area contributed by atoms with E-state index in [2.05, 4.69) is 15.1 Å². The van der Waals surface area contributed by atoms with Gasteiger partial charge in [0.2, 0.25) is 5.91 Å². The van der Waals surface area contributed by atoms with Gasteiger partial charge in [0, 0.05) is 6.42 Å². The summed E-state index contributed by atoms with van der Waals surface area (Å²) >= 11 is 0. The molecular weight excluding hydrogens is 162 g/mol. The molecule has 0 saturated heterocycles. The fourth-order valence-corrected chi connectivity index (χ4v) is 0.614. The van der Waals surface area contributed by atoms with E-state index in [0.717, 1.165) is 0 Å². The first kappa shape index (κ1) is 10.9. The molecule has 0 bridgehead atoms. The highest BCUT2D eigenvalue weighted by atomic mass is 16.6. The largest absolute Gasteiger partial charge is 0.466 e. The van der Waals surface area contributed by atoms with Gasteiger partial charge in [-0.25, -0.2) is 5.48 Å². The smallest absolute Gasteiger partial charge is 0.306 e. The monoisotopic (exact) mass is 175 g/mol. The molecule has 0 aliphatic heterocycles. The summed E-state index contributed by atoms with van der Waals surface area (Å²) in [5.41, 5.74) is 2.10. The van der Waals surface area contributed by atoms with Gasteiger partial charge in [-0.2, -0.15) is 0 Å². The van der Waals surface area contributed by atoms with Crippen LogP contribution < -0.4 is 5.48 Å². The van der Waals surface area contributed by atoms with Crippen LogP contribution >= 0.6 is 0 Å². The van der Waals surface area contributed by atoms with Crippen molar-refractivity contribution in [3.8, 4) is 0 Å². The summed E-state index contributed by atoms with van der Waals surface area (Å²) < 4.78 is 4.61. The maximum atomic E-state index is 10.7. The third kappa shape index (κ3) is 5.67. The Morgan fingerprint density at radius 1 is 1.33 bits per heavy atom. The molecule has 0 radical (unpaired) electrons. The summed E-state index contributed by atoms with van der Waals surface area (Å²) in [7, 11) is 1.34. The number of hydrogen-bond donors (Lipinski definition) is 1. The summed E-state index contributed by atoms with van der Waals surface area (Å²) in [5, 5.41) is 0. The highest BCUT2D eigenvalue weighted by molar-refractivity contribution is 5.80. The number of esters is 1. The van der Waals surface area contributed by atoms with Crippen molar-refractivity contribution < 1.29 is 19.2 Å². The van der Waals surface area contributed by atoms with Gasteiger partial charge in [-0.05, 0) is 6.92 Å². The Morgan fingerprint density at radius 3 is 2.50 bits per heavy atom. The minimum Gasteiger partial charge on any atom is -0.466 e. The molecule has 0 aromatic rings. The number of rotatable bonds is 5. The van der Waals surface area contributed by atoms with E-state index in [0.29, 0.717) is 6.61 Å². The van der Waals surface area contributed by atoms with Crippen molar-refractivity contribution in [1.29, 1.82) is 0 Å². The molecule has 0 rings (SSSR count). The Labute approximate surface area is 71.0 Å². The standard InChI is InChI=1S/C7H13NO4/c1-3-12-7(10)5-4-6(9)8-11-2/h3-5H2,1-2H3,(H,8,9). The average Bonchev–Trinajstić information content (AvgIpc) is 2.02. The zero-order valence-corrected chi connectivity index (χ0v) is 7.25. The summed E-state index contributed by atoms with van der Waals surface area (Å²) in [6.45, 7) is 2.05. The van der Waals surface area contributed by atoms with Crippen LogP contribution in [0.25, 0.3) is 0 Å². The normalized spacial score (nSPS) is 9.17. The molecule has 1 amide bonds. The van der Waals surface area contributed by atoms with Gasteiger partial charge < -0.3 is 4.74 Å². The van der Waals surface area contributed by atoms with Crippen molar-refractivity contribution in [3.63, 3.8) is 0 Å². The summed E-state index contributed by atoms with van der Waals surface area (Å²) in [4.78, 5) is 25.8. The number of hydrogen-bond acceptors (Lipinski definition) is 4. The van der Waals surface area contributed by atoms with E-state index in [4.69, 9.17) is 0 Å². The van der Waals surface area contributed by atoms with E-state index >= 15 is 0 Å². The van der Waals surface area contributed by atoms with E-state index < -0.39 is 0 Å². The minimum absolute atomic E-state index is 0.0863. The van der Waals surface area contributed by atoms with Crippen LogP contribution in [0, 0.1) is 0 Å². The van der Waals surface area contributed by atoms with Crippen LogP contribution in [-0.2, 0) is 19.2 Å².